The van der Waals surface area contributed by atoms with Crippen molar-refractivity contribution in [3.8, 4) is 0 Å². The molecule has 0 aliphatic carbocycles. The van der Waals surface area contributed by atoms with Gasteiger partial charge in [0.15, 0.2) is 0 Å². The van der Waals surface area contributed by atoms with E-state index in [-0.39, 0.29) is 6.04 Å². The van der Waals surface area contributed by atoms with Gasteiger partial charge in [-0.05, 0) is 43.3 Å². The second-order valence-electron chi connectivity index (χ2n) is 3.60. The van der Waals surface area contributed by atoms with Crippen molar-refractivity contribution in [3.05, 3.63) is 21.9 Å². The summed E-state index contributed by atoms with van der Waals surface area (Å²) in [6.45, 7) is 2.98. The Labute approximate surface area is 82.0 Å². The van der Waals surface area contributed by atoms with Crippen LogP contribution in [0.4, 0.5) is 4.39 Å². The van der Waals surface area contributed by atoms with Gasteiger partial charge in [0.25, 0.3) is 0 Å². The highest BCUT2D eigenvalue weighted by molar-refractivity contribution is 7.10. The van der Waals surface area contributed by atoms with Crippen LogP contribution in [0.15, 0.2) is 11.4 Å². The summed E-state index contributed by atoms with van der Waals surface area (Å²) in [5.41, 5.74) is 0.849. The third-order valence-electron chi connectivity index (χ3n) is 2.52. The Hall–Kier alpha value is -0.410. The van der Waals surface area contributed by atoms with Gasteiger partial charge in [-0.15, -0.1) is 11.3 Å². The second kappa shape index (κ2) is 3.76. The summed E-state index contributed by atoms with van der Waals surface area (Å²) in [6, 6.07) is 2.00. The van der Waals surface area contributed by atoms with E-state index in [2.05, 4.69) is 5.32 Å². The van der Waals surface area contributed by atoms with Crippen LogP contribution < -0.4 is 5.32 Å². The fourth-order valence-electron chi connectivity index (χ4n) is 1.80. The van der Waals surface area contributed by atoms with Gasteiger partial charge in [0.2, 0.25) is 0 Å². The van der Waals surface area contributed by atoms with Gasteiger partial charge in [0.05, 0.1) is 0 Å². The van der Waals surface area contributed by atoms with Gasteiger partial charge in [-0.25, -0.2) is 4.39 Å². The van der Waals surface area contributed by atoms with Gasteiger partial charge >= 0.3 is 0 Å². The number of thiophene rings is 1. The van der Waals surface area contributed by atoms with Crippen molar-refractivity contribution in [2.24, 2.45) is 0 Å². The second-order valence-corrected chi connectivity index (χ2v) is 4.71. The standard InChI is InChI=1S/C10H14FNS/c1-7-5-8(6-13-7)10(11)9-3-2-4-12-9/h5-6,9-10,12H,2-4H2,1H3. The fraction of sp³-hybridized carbons (Fsp3) is 0.600. The Balaban J connectivity index is 2.07. The molecule has 3 heteroatoms. The van der Waals surface area contributed by atoms with Gasteiger partial charge in [-0.3, -0.25) is 0 Å². The summed E-state index contributed by atoms with van der Waals surface area (Å²) in [6.07, 6.45) is 1.26. The summed E-state index contributed by atoms with van der Waals surface area (Å²) < 4.78 is 13.8. The van der Waals surface area contributed by atoms with Crippen molar-refractivity contribution in [1.82, 2.24) is 5.32 Å². The molecule has 13 heavy (non-hydrogen) atoms. The maximum Gasteiger partial charge on any atom is 0.141 e. The van der Waals surface area contributed by atoms with E-state index in [0.29, 0.717) is 0 Å². The minimum atomic E-state index is -0.813. The maximum absolute atomic E-state index is 13.8. The normalized spacial score (nSPS) is 24.9. The summed E-state index contributed by atoms with van der Waals surface area (Å²) in [5, 5.41) is 5.12. The molecule has 1 aliphatic heterocycles. The lowest BCUT2D eigenvalue weighted by atomic mass is 10.1. The average Bonchev–Trinajstić information content (AvgIpc) is 2.72. The zero-order valence-electron chi connectivity index (χ0n) is 7.72. The lowest BCUT2D eigenvalue weighted by Crippen LogP contribution is -2.26. The van der Waals surface area contributed by atoms with Crippen molar-refractivity contribution < 1.29 is 4.39 Å². The minimum absolute atomic E-state index is 0.0500. The molecule has 1 N–H and O–H groups in total. The Morgan fingerprint density at radius 1 is 1.69 bits per heavy atom. The Kier molecular flexibility index (Phi) is 2.65. The van der Waals surface area contributed by atoms with Crippen LogP contribution in [0.25, 0.3) is 0 Å². The first kappa shape index (κ1) is 9.16. The number of alkyl halides is 1. The fourth-order valence-corrected chi connectivity index (χ4v) is 2.53. The zero-order valence-corrected chi connectivity index (χ0v) is 8.53. The van der Waals surface area contributed by atoms with E-state index in [1.54, 1.807) is 11.3 Å². The smallest absolute Gasteiger partial charge is 0.141 e. The largest absolute Gasteiger partial charge is 0.311 e. The summed E-state index contributed by atoms with van der Waals surface area (Å²) >= 11 is 1.62. The molecule has 0 spiro atoms. The van der Waals surface area contributed by atoms with E-state index in [9.17, 15) is 4.39 Å². The molecule has 1 aromatic rings. The molecule has 1 saturated heterocycles. The summed E-state index contributed by atoms with van der Waals surface area (Å²) in [7, 11) is 0. The van der Waals surface area contributed by atoms with Crippen LogP contribution in [-0.4, -0.2) is 12.6 Å². The van der Waals surface area contributed by atoms with Gasteiger partial charge < -0.3 is 5.32 Å². The van der Waals surface area contributed by atoms with Crippen LogP contribution in [0.2, 0.25) is 0 Å². The Morgan fingerprint density at radius 2 is 2.54 bits per heavy atom. The van der Waals surface area contributed by atoms with Gasteiger partial charge in [0.1, 0.15) is 6.17 Å². The van der Waals surface area contributed by atoms with E-state index in [4.69, 9.17) is 0 Å². The molecule has 2 atom stereocenters. The van der Waals surface area contributed by atoms with Crippen LogP contribution in [0.1, 0.15) is 29.5 Å². The third-order valence-corrected chi connectivity index (χ3v) is 3.40. The molecule has 2 unspecified atom stereocenters. The number of hydrogen-bond donors (Lipinski definition) is 1. The highest BCUT2D eigenvalue weighted by Crippen LogP contribution is 2.29. The number of aryl methyl sites for hydroxylation is 1. The average molecular weight is 199 g/mol. The Bertz CT molecular complexity index is 278. The van der Waals surface area contributed by atoms with E-state index in [1.165, 1.54) is 4.88 Å². The number of hydrogen-bond acceptors (Lipinski definition) is 2. The topological polar surface area (TPSA) is 12.0 Å². The Morgan fingerprint density at radius 3 is 3.08 bits per heavy atom. The zero-order chi connectivity index (χ0) is 9.26. The first-order valence-corrected chi connectivity index (χ1v) is 5.58. The molecule has 72 valence electrons. The predicted octanol–water partition coefficient (Wildman–Crippen LogP) is 2.82. The van der Waals surface area contributed by atoms with Gasteiger partial charge in [0, 0.05) is 10.9 Å². The van der Waals surface area contributed by atoms with Crippen molar-refractivity contribution >= 4 is 11.3 Å². The number of halogens is 1. The van der Waals surface area contributed by atoms with Gasteiger partial charge in [-0.1, -0.05) is 0 Å². The summed E-state index contributed by atoms with van der Waals surface area (Å²) in [4.78, 5) is 1.19. The number of rotatable bonds is 2. The molecule has 0 saturated carbocycles. The van der Waals surface area contributed by atoms with Crippen LogP contribution in [0.5, 0.6) is 0 Å². The van der Waals surface area contributed by atoms with E-state index >= 15 is 0 Å². The maximum atomic E-state index is 13.8. The molecule has 0 amide bonds. The van der Waals surface area contributed by atoms with Crippen LogP contribution >= 0.6 is 11.3 Å². The third kappa shape index (κ3) is 1.92. The molecule has 2 rings (SSSR count). The quantitative estimate of drug-likeness (QED) is 0.772. The van der Waals surface area contributed by atoms with Gasteiger partial charge in [-0.2, -0.15) is 0 Å². The molecule has 1 aliphatic rings. The molecule has 1 aromatic heterocycles. The summed E-state index contributed by atoms with van der Waals surface area (Å²) in [5.74, 6) is 0. The van der Waals surface area contributed by atoms with E-state index < -0.39 is 6.17 Å². The molecular weight excluding hydrogens is 185 g/mol. The lowest BCUT2D eigenvalue weighted by molar-refractivity contribution is 0.272. The van der Waals surface area contributed by atoms with Crippen molar-refractivity contribution in [3.63, 3.8) is 0 Å². The van der Waals surface area contributed by atoms with Crippen LogP contribution in [0.3, 0.4) is 0 Å². The van der Waals surface area contributed by atoms with E-state index in [0.717, 1.165) is 24.9 Å². The van der Waals surface area contributed by atoms with Crippen molar-refractivity contribution in [2.45, 2.75) is 32.0 Å². The lowest BCUT2D eigenvalue weighted by Gasteiger charge is -2.14. The van der Waals surface area contributed by atoms with Crippen LogP contribution in [-0.2, 0) is 0 Å². The first-order chi connectivity index (χ1) is 6.27. The highest BCUT2D eigenvalue weighted by Gasteiger charge is 2.25. The molecular formula is C10H14FNS. The molecule has 1 nitrogen and oxygen atoms in total. The predicted molar refractivity (Wildman–Crippen MR) is 53.9 cm³/mol. The number of nitrogens with one attached hydrogen (secondary N) is 1. The van der Waals surface area contributed by atoms with E-state index in [1.807, 2.05) is 18.4 Å². The van der Waals surface area contributed by atoms with Crippen molar-refractivity contribution in [2.75, 3.05) is 6.54 Å². The highest BCUT2D eigenvalue weighted by atomic mass is 32.1. The minimum Gasteiger partial charge on any atom is -0.311 e. The SMILES string of the molecule is Cc1cc(C(F)C2CCCN2)cs1. The monoisotopic (exact) mass is 199 g/mol. The molecule has 2 heterocycles. The molecule has 0 radical (unpaired) electrons. The van der Waals surface area contributed by atoms with Crippen molar-refractivity contribution in [1.29, 1.82) is 0 Å². The first-order valence-electron chi connectivity index (χ1n) is 4.70. The molecule has 0 bridgehead atoms. The van der Waals surface area contributed by atoms with Crippen LogP contribution in [0, 0.1) is 6.92 Å². The molecule has 1 fully saturated rings. The molecule has 0 aromatic carbocycles.